The first kappa shape index (κ1) is 19.1. The minimum Gasteiger partial charge on any atom is -0.493 e. The summed E-state index contributed by atoms with van der Waals surface area (Å²) in [5, 5.41) is 0.962. The molecule has 0 heterocycles. The number of hydrogen-bond donors (Lipinski definition) is 0. The Morgan fingerprint density at radius 3 is 2.54 bits per heavy atom. The van der Waals surface area contributed by atoms with Gasteiger partial charge in [-0.3, -0.25) is 0 Å². The Balaban J connectivity index is 2.23. The van der Waals surface area contributed by atoms with Crippen LogP contribution in [-0.4, -0.2) is 19.7 Å². The van der Waals surface area contributed by atoms with Crippen molar-refractivity contribution in [1.29, 1.82) is 0 Å². The van der Waals surface area contributed by atoms with Crippen LogP contribution in [0.1, 0.15) is 22.8 Å². The standard InChI is InChI=1S/C17H15Cl2IO4/c1-3-23-17(21)11-7-14(20)16(15(8-11)22-2)24-9-10-4-5-12(18)13(19)6-10/h4-8H,3,9H2,1-2H3. The molecule has 0 aliphatic carbocycles. The third-order valence-electron chi connectivity index (χ3n) is 3.11. The smallest absolute Gasteiger partial charge is 0.338 e. The maximum Gasteiger partial charge on any atom is 0.338 e. The van der Waals surface area contributed by atoms with Gasteiger partial charge in [-0.15, -0.1) is 0 Å². The zero-order valence-electron chi connectivity index (χ0n) is 13.1. The van der Waals surface area contributed by atoms with Crippen LogP contribution in [-0.2, 0) is 11.3 Å². The monoisotopic (exact) mass is 480 g/mol. The van der Waals surface area contributed by atoms with Gasteiger partial charge in [-0.2, -0.15) is 0 Å². The highest BCUT2D eigenvalue weighted by Crippen LogP contribution is 2.35. The molecule has 0 aromatic heterocycles. The van der Waals surface area contributed by atoms with Crippen LogP contribution in [0.5, 0.6) is 11.5 Å². The van der Waals surface area contributed by atoms with E-state index >= 15 is 0 Å². The molecule has 0 spiro atoms. The molecular weight excluding hydrogens is 466 g/mol. The fraction of sp³-hybridized carbons (Fsp3) is 0.235. The van der Waals surface area contributed by atoms with E-state index in [4.69, 9.17) is 37.4 Å². The average Bonchev–Trinajstić information content (AvgIpc) is 2.56. The number of hydrogen-bond acceptors (Lipinski definition) is 4. The quantitative estimate of drug-likeness (QED) is 0.412. The number of carbonyl (C=O) groups is 1. The van der Waals surface area contributed by atoms with Gasteiger partial charge in [-0.1, -0.05) is 29.3 Å². The Labute approximate surface area is 164 Å². The molecular formula is C17H15Cl2IO4. The molecule has 0 saturated heterocycles. The van der Waals surface area contributed by atoms with Gasteiger partial charge >= 0.3 is 5.97 Å². The molecule has 2 rings (SSSR count). The molecule has 0 amide bonds. The highest BCUT2D eigenvalue weighted by Gasteiger charge is 2.16. The van der Waals surface area contributed by atoms with E-state index in [0.29, 0.717) is 40.3 Å². The fourth-order valence-corrected chi connectivity index (χ4v) is 3.05. The average molecular weight is 481 g/mol. The van der Waals surface area contributed by atoms with Crippen LogP contribution < -0.4 is 9.47 Å². The molecule has 0 fully saturated rings. The summed E-state index contributed by atoms with van der Waals surface area (Å²) in [4.78, 5) is 11.9. The van der Waals surface area contributed by atoms with E-state index in [1.54, 1.807) is 31.2 Å². The number of ether oxygens (including phenoxy) is 3. The second kappa shape index (κ2) is 8.78. The second-order valence-corrected chi connectivity index (χ2v) is 6.72. The zero-order chi connectivity index (χ0) is 17.7. The minimum absolute atomic E-state index is 0.294. The summed E-state index contributed by atoms with van der Waals surface area (Å²) in [5.74, 6) is 0.618. The molecule has 7 heteroatoms. The summed E-state index contributed by atoms with van der Waals surface area (Å²) < 4.78 is 16.9. The normalized spacial score (nSPS) is 10.4. The molecule has 2 aromatic rings. The Kier molecular flexibility index (Phi) is 7.01. The van der Waals surface area contributed by atoms with Crippen LogP contribution >= 0.6 is 45.8 Å². The first-order valence-electron chi connectivity index (χ1n) is 7.07. The van der Waals surface area contributed by atoms with E-state index in [-0.39, 0.29) is 0 Å². The molecule has 0 aliphatic heterocycles. The van der Waals surface area contributed by atoms with Gasteiger partial charge in [0.05, 0.1) is 32.9 Å². The summed E-state index contributed by atoms with van der Waals surface area (Å²) in [5.41, 5.74) is 1.29. The lowest BCUT2D eigenvalue weighted by Crippen LogP contribution is -2.07. The molecule has 24 heavy (non-hydrogen) atoms. The summed E-state index contributed by atoms with van der Waals surface area (Å²) in [7, 11) is 1.52. The van der Waals surface area contributed by atoms with Gasteiger partial charge < -0.3 is 14.2 Å². The van der Waals surface area contributed by atoms with Crippen molar-refractivity contribution in [3.63, 3.8) is 0 Å². The van der Waals surface area contributed by atoms with E-state index in [2.05, 4.69) is 22.6 Å². The summed E-state index contributed by atoms with van der Waals surface area (Å²) in [6.45, 7) is 2.37. The second-order valence-electron chi connectivity index (χ2n) is 4.75. The summed E-state index contributed by atoms with van der Waals surface area (Å²) >= 11 is 14.0. The van der Waals surface area contributed by atoms with Gasteiger partial charge in [0.1, 0.15) is 6.61 Å². The lowest BCUT2D eigenvalue weighted by molar-refractivity contribution is 0.0525. The van der Waals surface area contributed by atoms with Crippen LogP contribution in [0.15, 0.2) is 30.3 Å². The van der Waals surface area contributed by atoms with Crippen molar-refractivity contribution in [3.8, 4) is 11.5 Å². The number of halogens is 3. The third-order valence-corrected chi connectivity index (χ3v) is 4.65. The Bertz CT molecular complexity index is 750. The van der Waals surface area contributed by atoms with Gasteiger partial charge in [0, 0.05) is 0 Å². The van der Waals surface area contributed by atoms with E-state index < -0.39 is 5.97 Å². The van der Waals surface area contributed by atoms with Crippen molar-refractivity contribution in [2.75, 3.05) is 13.7 Å². The van der Waals surface area contributed by atoms with Crippen molar-refractivity contribution in [2.24, 2.45) is 0 Å². The van der Waals surface area contributed by atoms with E-state index in [9.17, 15) is 4.79 Å². The van der Waals surface area contributed by atoms with Gasteiger partial charge in [0.15, 0.2) is 11.5 Å². The molecule has 0 unspecified atom stereocenters. The molecule has 0 aliphatic rings. The van der Waals surface area contributed by atoms with Crippen LogP contribution in [0.3, 0.4) is 0 Å². The predicted octanol–water partition coefficient (Wildman–Crippen LogP) is 5.36. The highest BCUT2D eigenvalue weighted by molar-refractivity contribution is 14.1. The lowest BCUT2D eigenvalue weighted by atomic mass is 10.2. The molecule has 128 valence electrons. The van der Waals surface area contributed by atoms with Crippen molar-refractivity contribution in [1.82, 2.24) is 0 Å². The molecule has 0 bridgehead atoms. The van der Waals surface area contributed by atoms with Gasteiger partial charge in [0.2, 0.25) is 0 Å². The fourth-order valence-electron chi connectivity index (χ4n) is 1.98. The molecule has 0 saturated carbocycles. The first-order chi connectivity index (χ1) is 11.5. The minimum atomic E-state index is -0.398. The van der Waals surface area contributed by atoms with Crippen LogP contribution in [0, 0.1) is 3.57 Å². The molecule has 0 radical (unpaired) electrons. The topological polar surface area (TPSA) is 44.8 Å². The van der Waals surface area contributed by atoms with Crippen LogP contribution in [0.2, 0.25) is 10.0 Å². The Hall–Kier alpha value is -1.18. The SMILES string of the molecule is CCOC(=O)c1cc(I)c(OCc2ccc(Cl)c(Cl)c2)c(OC)c1. The van der Waals surface area contributed by atoms with Gasteiger partial charge in [-0.25, -0.2) is 4.79 Å². The molecule has 0 N–H and O–H groups in total. The molecule has 2 aromatic carbocycles. The number of carbonyl (C=O) groups excluding carboxylic acids is 1. The van der Waals surface area contributed by atoms with Crippen molar-refractivity contribution in [3.05, 3.63) is 55.1 Å². The van der Waals surface area contributed by atoms with Gasteiger partial charge in [-0.05, 0) is 59.3 Å². The van der Waals surface area contributed by atoms with Crippen LogP contribution in [0.25, 0.3) is 0 Å². The van der Waals surface area contributed by atoms with Gasteiger partial charge in [0.25, 0.3) is 0 Å². The van der Waals surface area contributed by atoms with E-state index in [0.717, 1.165) is 9.13 Å². The number of methoxy groups -OCH3 is 1. The summed E-state index contributed by atoms with van der Waals surface area (Å²) in [6, 6.07) is 8.60. The Morgan fingerprint density at radius 2 is 1.92 bits per heavy atom. The lowest BCUT2D eigenvalue weighted by Gasteiger charge is -2.14. The predicted molar refractivity (Wildman–Crippen MR) is 102 cm³/mol. The van der Waals surface area contributed by atoms with E-state index in [1.807, 2.05) is 6.07 Å². The summed E-state index contributed by atoms with van der Waals surface area (Å²) in [6.07, 6.45) is 0. The van der Waals surface area contributed by atoms with E-state index in [1.165, 1.54) is 7.11 Å². The maximum absolute atomic E-state index is 11.9. The largest absolute Gasteiger partial charge is 0.493 e. The van der Waals surface area contributed by atoms with Crippen molar-refractivity contribution in [2.45, 2.75) is 13.5 Å². The molecule has 0 atom stereocenters. The highest BCUT2D eigenvalue weighted by atomic mass is 127. The Morgan fingerprint density at radius 1 is 1.17 bits per heavy atom. The van der Waals surface area contributed by atoms with Crippen LogP contribution in [0.4, 0.5) is 0 Å². The van der Waals surface area contributed by atoms with Crippen molar-refractivity contribution >= 4 is 51.8 Å². The molecule has 4 nitrogen and oxygen atoms in total. The number of rotatable bonds is 6. The zero-order valence-corrected chi connectivity index (χ0v) is 16.7. The first-order valence-corrected chi connectivity index (χ1v) is 8.91. The number of benzene rings is 2. The van der Waals surface area contributed by atoms with Crippen molar-refractivity contribution < 1.29 is 19.0 Å². The number of esters is 1. The third kappa shape index (κ3) is 4.68. The maximum atomic E-state index is 11.9.